The van der Waals surface area contributed by atoms with Crippen LogP contribution in [0, 0.1) is 17.6 Å². The van der Waals surface area contributed by atoms with Crippen LogP contribution in [0.25, 0.3) is 0 Å². The molecule has 0 spiro atoms. The molecule has 11 heteroatoms. The SMILES string of the molecule is CC(C)[C@H](NC(=O)c1c(F)cccc1F)C(=O)N1CCC(NS(=O)(=O)c2cccs2)CC1. The third-order valence-corrected chi connectivity index (χ3v) is 8.22. The highest BCUT2D eigenvalue weighted by Crippen LogP contribution is 2.20. The Balaban J connectivity index is 1.62. The molecule has 1 saturated heterocycles. The van der Waals surface area contributed by atoms with Crippen molar-refractivity contribution in [2.24, 2.45) is 5.92 Å². The molecule has 174 valence electrons. The van der Waals surface area contributed by atoms with Gasteiger partial charge in [-0.3, -0.25) is 9.59 Å². The summed E-state index contributed by atoms with van der Waals surface area (Å²) in [6, 6.07) is 5.02. The molecule has 0 unspecified atom stereocenters. The van der Waals surface area contributed by atoms with Crippen LogP contribution < -0.4 is 10.0 Å². The summed E-state index contributed by atoms with van der Waals surface area (Å²) in [5.41, 5.74) is -0.729. The van der Waals surface area contributed by atoms with E-state index in [1.165, 1.54) is 6.07 Å². The van der Waals surface area contributed by atoms with E-state index in [0.29, 0.717) is 25.9 Å². The number of hydrogen-bond acceptors (Lipinski definition) is 5. The van der Waals surface area contributed by atoms with Crippen LogP contribution in [0.4, 0.5) is 8.78 Å². The summed E-state index contributed by atoms with van der Waals surface area (Å²) >= 11 is 1.13. The van der Waals surface area contributed by atoms with Gasteiger partial charge in [0.25, 0.3) is 5.91 Å². The molecular weight excluding hydrogens is 460 g/mol. The Kier molecular flexibility index (Phi) is 7.63. The zero-order valence-electron chi connectivity index (χ0n) is 17.7. The van der Waals surface area contributed by atoms with Crippen molar-refractivity contribution < 1.29 is 26.8 Å². The van der Waals surface area contributed by atoms with Gasteiger partial charge in [0.05, 0.1) is 0 Å². The predicted molar refractivity (Wildman–Crippen MR) is 117 cm³/mol. The van der Waals surface area contributed by atoms with Gasteiger partial charge in [-0.2, -0.15) is 0 Å². The number of piperidine rings is 1. The maximum atomic E-state index is 13.9. The fraction of sp³-hybridized carbons (Fsp3) is 0.429. The van der Waals surface area contributed by atoms with Crippen LogP contribution in [0.3, 0.4) is 0 Å². The number of hydrogen-bond donors (Lipinski definition) is 2. The average Bonchev–Trinajstić information content (AvgIpc) is 3.27. The molecule has 1 aromatic carbocycles. The molecule has 32 heavy (non-hydrogen) atoms. The molecular formula is C21H25F2N3O4S2. The number of likely N-dealkylation sites (tertiary alicyclic amines) is 1. The minimum absolute atomic E-state index is 0.235. The highest BCUT2D eigenvalue weighted by molar-refractivity contribution is 7.91. The van der Waals surface area contributed by atoms with Crippen LogP contribution >= 0.6 is 11.3 Å². The number of rotatable bonds is 7. The van der Waals surface area contributed by atoms with Gasteiger partial charge in [0.1, 0.15) is 27.4 Å². The van der Waals surface area contributed by atoms with E-state index >= 15 is 0 Å². The lowest BCUT2D eigenvalue weighted by molar-refractivity contribution is -0.135. The first-order chi connectivity index (χ1) is 15.1. The molecule has 1 atom stereocenters. The third-order valence-electron chi connectivity index (χ3n) is 5.30. The van der Waals surface area contributed by atoms with Gasteiger partial charge < -0.3 is 10.2 Å². The van der Waals surface area contributed by atoms with E-state index in [4.69, 9.17) is 0 Å². The van der Waals surface area contributed by atoms with E-state index in [0.717, 1.165) is 29.5 Å². The van der Waals surface area contributed by atoms with E-state index in [2.05, 4.69) is 10.0 Å². The molecule has 0 saturated carbocycles. The number of carbonyl (C=O) groups excluding carboxylic acids is 2. The Labute approximate surface area is 189 Å². The molecule has 2 heterocycles. The molecule has 0 radical (unpaired) electrons. The number of nitrogens with one attached hydrogen (secondary N) is 2. The molecule has 1 fully saturated rings. The molecule has 2 N–H and O–H groups in total. The number of carbonyl (C=O) groups is 2. The summed E-state index contributed by atoms with van der Waals surface area (Å²) in [5.74, 6) is -3.69. The smallest absolute Gasteiger partial charge is 0.257 e. The van der Waals surface area contributed by atoms with Gasteiger partial charge in [-0.15, -0.1) is 11.3 Å². The molecule has 2 amide bonds. The van der Waals surface area contributed by atoms with Crippen LogP contribution in [0.15, 0.2) is 39.9 Å². The number of sulfonamides is 1. The number of halogens is 2. The summed E-state index contributed by atoms with van der Waals surface area (Å²) in [6.07, 6.45) is 0.827. The second kappa shape index (κ2) is 10.1. The van der Waals surface area contributed by atoms with Crippen molar-refractivity contribution in [3.05, 3.63) is 52.9 Å². The first-order valence-corrected chi connectivity index (χ1v) is 12.6. The van der Waals surface area contributed by atoms with E-state index < -0.39 is 39.2 Å². The lowest BCUT2D eigenvalue weighted by atomic mass is 9.99. The molecule has 1 aliphatic heterocycles. The van der Waals surface area contributed by atoms with Gasteiger partial charge in [-0.05, 0) is 42.3 Å². The molecule has 1 aromatic heterocycles. The normalized spacial score (nSPS) is 16.2. The first-order valence-electron chi connectivity index (χ1n) is 10.2. The van der Waals surface area contributed by atoms with Crippen LogP contribution in [-0.4, -0.2) is 50.3 Å². The Morgan fingerprint density at radius 3 is 2.25 bits per heavy atom. The minimum Gasteiger partial charge on any atom is -0.341 e. The van der Waals surface area contributed by atoms with Crippen molar-refractivity contribution in [1.29, 1.82) is 0 Å². The summed E-state index contributed by atoms with van der Waals surface area (Å²) in [6.45, 7) is 4.04. The Morgan fingerprint density at radius 1 is 1.09 bits per heavy atom. The summed E-state index contributed by atoms with van der Waals surface area (Å²) in [4.78, 5) is 27.1. The number of thiophene rings is 1. The van der Waals surface area contributed by atoms with Crippen LogP contribution in [-0.2, 0) is 14.8 Å². The monoisotopic (exact) mass is 485 g/mol. The maximum absolute atomic E-state index is 13.9. The minimum atomic E-state index is -3.60. The van der Waals surface area contributed by atoms with Gasteiger partial charge in [0.2, 0.25) is 15.9 Å². The Morgan fingerprint density at radius 2 is 1.72 bits per heavy atom. The van der Waals surface area contributed by atoms with Crippen molar-refractivity contribution in [3.8, 4) is 0 Å². The van der Waals surface area contributed by atoms with Gasteiger partial charge in [0.15, 0.2) is 0 Å². The van der Waals surface area contributed by atoms with Crippen molar-refractivity contribution in [2.45, 2.75) is 43.0 Å². The van der Waals surface area contributed by atoms with Gasteiger partial charge in [-0.25, -0.2) is 21.9 Å². The standard InChI is InChI=1S/C21H25F2N3O4S2/c1-13(2)19(24-20(27)18-15(22)5-3-6-16(18)23)21(28)26-10-8-14(9-11-26)25-32(29,30)17-7-4-12-31-17/h3-7,12-14,19,25H,8-11H2,1-2H3,(H,24,27)/t19-/m0/s1. The zero-order chi connectivity index (χ0) is 23.5. The highest BCUT2D eigenvalue weighted by Gasteiger charge is 2.33. The average molecular weight is 486 g/mol. The highest BCUT2D eigenvalue weighted by atomic mass is 32.2. The fourth-order valence-corrected chi connectivity index (χ4v) is 5.86. The molecule has 7 nitrogen and oxygen atoms in total. The second-order valence-corrected chi connectivity index (χ2v) is 10.8. The maximum Gasteiger partial charge on any atom is 0.257 e. The quantitative estimate of drug-likeness (QED) is 0.631. The van der Waals surface area contributed by atoms with Crippen molar-refractivity contribution in [1.82, 2.24) is 14.9 Å². The third kappa shape index (κ3) is 5.51. The van der Waals surface area contributed by atoms with Crippen LogP contribution in [0.2, 0.25) is 0 Å². The van der Waals surface area contributed by atoms with Crippen molar-refractivity contribution in [2.75, 3.05) is 13.1 Å². The van der Waals surface area contributed by atoms with Gasteiger partial charge in [-0.1, -0.05) is 26.0 Å². The Hall–Kier alpha value is -2.37. The topological polar surface area (TPSA) is 95.6 Å². The molecule has 2 aromatic rings. The van der Waals surface area contributed by atoms with E-state index in [1.54, 1.807) is 30.2 Å². The summed E-state index contributed by atoms with van der Waals surface area (Å²) in [7, 11) is -3.60. The fourth-order valence-electron chi connectivity index (χ4n) is 3.55. The predicted octanol–water partition coefficient (Wildman–Crippen LogP) is 2.75. The lowest BCUT2D eigenvalue weighted by Crippen LogP contribution is -2.54. The van der Waals surface area contributed by atoms with Crippen molar-refractivity contribution >= 4 is 33.2 Å². The molecule has 0 aliphatic carbocycles. The number of amides is 2. The number of benzene rings is 1. The van der Waals surface area contributed by atoms with E-state index in [1.807, 2.05) is 0 Å². The van der Waals surface area contributed by atoms with Crippen molar-refractivity contribution in [3.63, 3.8) is 0 Å². The second-order valence-electron chi connectivity index (χ2n) is 7.94. The lowest BCUT2D eigenvalue weighted by Gasteiger charge is -2.35. The molecule has 0 bridgehead atoms. The largest absolute Gasteiger partial charge is 0.341 e. The van der Waals surface area contributed by atoms with E-state index in [-0.39, 0.29) is 22.1 Å². The Bertz CT molecular complexity index is 1050. The first kappa shape index (κ1) is 24.3. The van der Waals surface area contributed by atoms with Gasteiger partial charge >= 0.3 is 0 Å². The number of nitrogens with zero attached hydrogens (tertiary/aromatic N) is 1. The summed E-state index contributed by atoms with van der Waals surface area (Å²) in [5, 5.41) is 4.14. The van der Waals surface area contributed by atoms with E-state index in [9.17, 15) is 26.8 Å². The summed E-state index contributed by atoms with van der Waals surface area (Å²) < 4.78 is 55.6. The van der Waals surface area contributed by atoms with Crippen LogP contribution in [0.1, 0.15) is 37.0 Å². The molecule has 1 aliphatic rings. The van der Waals surface area contributed by atoms with Crippen LogP contribution in [0.5, 0.6) is 0 Å². The molecule has 3 rings (SSSR count). The van der Waals surface area contributed by atoms with Gasteiger partial charge in [0, 0.05) is 19.1 Å². The zero-order valence-corrected chi connectivity index (χ0v) is 19.3.